The first-order valence-corrected chi connectivity index (χ1v) is 7.63. The lowest BCUT2D eigenvalue weighted by molar-refractivity contribution is 0.0236. The lowest BCUT2D eigenvalue weighted by atomic mass is 9.75. The van der Waals surface area contributed by atoms with Crippen molar-refractivity contribution in [1.82, 2.24) is 10.3 Å². The van der Waals surface area contributed by atoms with E-state index in [0.29, 0.717) is 19.3 Å². The number of aliphatic hydroxyl groups is 1. The van der Waals surface area contributed by atoms with Crippen molar-refractivity contribution in [1.29, 1.82) is 0 Å². The fourth-order valence-corrected chi connectivity index (χ4v) is 2.89. The normalized spacial score (nSPS) is 21.9. The fraction of sp³-hybridized carbons (Fsp3) is 0.375. The molecule has 6 heteroatoms. The number of nitrogens with zero attached hydrogens (tertiary/aromatic N) is 1. The highest BCUT2D eigenvalue weighted by atomic mass is 35.5. The van der Waals surface area contributed by atoms with Crippen LogP contribution in [0.3, 0.4) is 0 Å². The van der Waals surface area contributed by atoms with Crippen LogP contribution >= 0.6 is 11.6 Å². The van der Waals surface area contributed by atoms with Crippen LogP contribution in [-0.4, -0.2) is 28.1 Å². The summed E-state index contributed by atoms with van der Waals surface area (Å²) in [6.07, 6.45) is 5.30. The zero-order valence-electron chi connectivity index (χ0n) is 11.9. The van der Waals surface area contributed by atoms with E-state index in [1.54, 1.807) is 24.5 Å². The van der Waals surface area contributed by atoms with Crippen molar-refractivity contribution in [2.75, 3.05) is 0 Å². The first kappa shape index (κ1) is 15.1. The number of hydrogen-bond acceptors (Lipinski definition) is 4. The molecule has 5 nitrogen and oxygen atoms in total. The van der Waals surface area contributed by atoms with Gasteiger partial charge in [-0.2, -0.15) is 0 Å². The van der Waals surface area contributed by atoms with Crippen molar-refractivity contribution in [2.24, 2.45) is 5.92 Å². The minimum Gasteiger partial charge on any atom is -0.440 e. The number of nitrogens with one attached hydrogen (secondary N) is 1. The predicted molar refractivity (Wildman–Crippen MR) is 81.6 cm³/mol. The van der Waals surface area contributed by atoms with Gasteiger partial charge in [-0.15, -0.1) is 0 Å². The van der Waals surface area contributed by atoms with Gasteiger partial charge in [-0.1, -0.05) is 0 Å². The number of pyridine rings is 1. The minimum absolute atomic E-state index is 0.0535. The third kappa shape index (κ3) is 3.48. The summed E-state index contributed by atoms with van der Waals surface area (Å²) in [5.74, 6) is 0.175. The van der Waals surface area contributed by atoms with Gasteiger partial charge in [-0.25, -0.2) is 0 Å². The Morgan fingerprint density at radius 2 is 2.09 bits per heavy atom. The van der Waals surface area contributed by atoms with E-state index in [9.17, 15) is 9.90 Å². The molecule has 0 spiro atoms. The molecule has 22 heavy (non-hydrogen) atoms. The van der Waals surface area contributed by atoms with Crippen molar-refractivity contribution < 1.29 is 14.3 Å². The Kier molecular flexibility index (Phi) is 4.45. The van der Waals surface area contributed by atoms with Gasteiger partial charge >= 0.3 is 0 Å². The first-order chi connectivity index (χ1) is 10.6. The molecule has 1 aliphatic carbocycles. The number of aromatic nitrogens is 1. The zero-order valence-corrected chi connectivity index (χ0v) is 12.7. The molecule has 1 amide bonds. The van der Waals surface area contributed by atoms with Crippen LogP contribution in [0.15, 0.2) is 41.1 Å². The first-order valence-electron chi connectivity index (χ1n) is 7.25. The van der Waals surface area contributed by atoms with Crippen molar-refractivity contribution in [3.8, 4) is 0 Å². The van der Waals surface area contributed by atoms with Crippen molar-refractivity contribution in [2.45, 2.75) is 31.4 Å². The maximum atomic E-state index is 12.2. The summed E-state index contributed by atoms with van der Waals surface area (Å²) < 4.78 is 5.14. The number of carbonyl (C=O) groups excluding carboxylic acids is 1. The van der Waals surface area contributed by atoms with E-state index >= 15 is 0 Å². The van der Waals surface area contributed by atoms with Crippen LogP contribution in [0.5, 0.6) is 0 Å². The second-order valence-electron chi connectivity index (χ2n) is 5.63. The molecule has 0 radical (unpaired) electrons. The number of halogens is 1. The van der Waals surface area contributed by atoms with Gasteiger partial charge in [0.05, 0.1) is 6.10 Å². The summed E-state index contributed by atoms with van der Waals surface area (Å²) in [5, 5.41) is 12.7. The molecular weight excluding hydrogens is 304 g/mol. The molecule has 1 saturated carbocycles. The smallest absolute Gasteiger partial charge is 0.287 e. The number of aliphatic hydroxyl groups excluding tert-OH is 1. The fourth-order valence-electron chi connectivity index (χ4n) is 2.74. The molecule has 0 unspecified atom stereocenters. The Hall–Kier alpha value is -1.85. The number of amides is 1. The van der Waals surface area contributed by atoms with Crippen LogP contribution in [0.4, 0.5) is 0 Å². The van der Waals surface area contributed by atoms with E-state index in [1.807, 2.05) is 12.1 Å². The molecule has 2 N–H and O–H groups in total. The maximum absolute atomic E-state index is 12.2. The van der Waals surface area contributed by atoms with Gasteiger partial charge in [0.25, 0.3) is 5.91 Å². The van der Waals surface area contributed by atoms with Gasteiger partial charge in [-0.3, -0.25) is 9.78 Å². The highest BCUT2D eigenvalue weighted by Crippen LogP contribution is 2.32. The van der Waals surface area contributed by atoms with E-state index in [4.69, 9.17) is 16.0 Å². The molecule has 116 valence electrons. The second-order valence-corrected chi connectivity index (χ2v) is 6.00. The SMILES string of the molecule is O=C(N[C@@H](Cc1ccncc1)C1CC(O)C1)c1ccc(Cl)o1. The van der Waals surface area contributed by atoms with E-state index in [-0.39, 0.29) is 35.0 Å². The second kappa shape index (κ2) is 6.50. The van der Waals surface area contributed by atoms with E-state index in [2.05, 4.69) is 10.3 Å². The average Bonchev–Trinajstić information content (AvgIpc) is 2.91. The van der Waals surface area contributed by atoms with Gasteiger partial charge in [0, 0.05) is 18.4 Å². The number of rotatable bonds is 5. The third-order valence-electron chi connectivity index (χ3n) is 4.04. The number of carbonyl (C=O) groups is 1. The lowest BCUT2D eigenvalue weighted by Gasteiger charge is -2.38. The van der Waals surface area contributed by atoms with Crippen LogP contribution in [-0.2, 0) is 6.42 Å². The van der Waals surface area contributed by atoms with Gasteiger partial charge < -0.3 is 14.8 Å². The quantitative estimate of drug-likeness (QED) is 0.887. The molecule has 1 aliphatic rings. The predicted octanol–water partition coefficient (Wildman–Crippen LogP) is 2.44. The molecule has 1 fully saturated rings. The summed E-state index contributed by atoms with van der Waals surface area (Å²) in [6, 6.07) is 6.90. The van der Waals surface area contributed by atoms with Crippen molar-refractivity contribution >= 4 is 17.5 Å². The average molecular weight is 321 g/mol. The van der Waals surface area contributed by atoms with Crippen LogP contribution in [0.2, 0.25) is 5.22 Å². The largest absolute Gasteiger partial charge is 0.440 e. The Bertz CT molecular complexity index is 638. The van der Waals surface area contributed by atoms with E-state index in [1.165, 1.54) is 0 Å². The molecule has 1 atom stereocenters. The van der Waals surface area contributed by atoms with Crippen LogP contribution in [0.1, 0.15) is 29.0 Å². The topological polar surface area (TPSA) is 75.4 Å². The Labute approximate surface area is 133 Å². The van der Waals surface area contributed by atoms with Crippen LogP contribution < -0.4 is 5.32 Å². The summed E-state index contributed by atoms with van der Waals surface area (Å²) in [5.41, 5.74) is 1.10. The van der Waals surface area contributed by atoms with Crippen LogP contribution in [0.25, 0.3) is 0 Å². The van der Waals surface area contributed by atoms with Crippen molar-refractivity contribution in [3.05, 3.63) is 53.2 Å². The lowest BCUT2D eigenvalue weighted by Crippen LogP contribution is -2.48. The molecule has 0 aromatic carbocycles. The molecule has 0 saturated heterocycles. The summed E-state index contributed by atoms with van der Waals surface area (Å²) >= 11 is 5.70. The van der Waals surface area contributed by atoms with Gasteiger partial charge in [0.2, 0.25) is 0 Å². The molecule has 2 aromatic rings. The monoisotopic (exact) mass is 320 g/mol. The maximum Gasteiger partial charge on any atom is 0.287 e. The third-order valence-corrected chi connectivity index (χ3v) is 4.24. The highest BCUT2D eigenvalue weighted by molar-refractivity contribution is 6.29. The number of hydrogen-bond donors (Lipinski definition) is 2. The summed E-state index contributed by atoms with van der Waals surface area (Å²) in [4.78, 5) is 16.2. The molecule has 2 heterocycles. The van der Waals surface area contributed by atoms with E-state index < -0.39 is 0 Å². The van der Waals surface area contributed by atoms with Gasteiger partial charge in [0.1, 0.15) is 0 Å². The summed E-state index contributed by atoms with van der Waals surface area (Å²) in [6.45, 7) is 0. The number of furan rings is 1. The molecule has 2 aromatic heterocycles. The van der Waals surface area contributed by atoms with Gasteiger partial charge in [0.15, 0.2) is 11.0 Å². The van der Waals surface area contributed by atoms with Crippen LogP contribution in [0, 0.1) is 5.92 Å². The Morgan fingerprint density at radius 1 is 1.36 bits per heavy atom. The zero-order chi connectivity index (χ0) is 15.5. The highest BCUT2D eigenvalue weighted by Gasteiger charge is 2.35. The standard InChI is InChI=1S/C16H17ClN2O3/c17-15-2-1-14(22-15)16(21)19-13(11-8-12(20)9-11)7-10-3-5-18-6-4-10/h1-6,11-13,20H,7-9H2,(H,19,21)/t11?,12?,13-/m0/s1. The van der Waals surface area contributed by atoms with Crippen molar-refractivity contribution in [3.63, 3.8) is 0 Å². The molecule has 3 rings (SSSR count). The summed E-state index contributed by atoms with van der Waals surface area (Å²) in [7, 11) is 0. The molecular formula is C16H17ClN2O3. The Balaban J connectivity index is 1.69. The minimum atomic E-state index is -0.285. The molecule has 0 aliphatic heterocycles. The molecule has 0 bridgehead atoms. The Morgan fingerprint density at radius 3 is 2.68 bits per heavy atom. The van der Waals surface area contributed by atoms with Gasteiger partial charge in [-0.05, 0) is 66.6 Å². The van der Waals surface area contributed by atoms with E-state index in [0.717, 1.165) is 5.56 Å².